The van der Waals surface area contributed by atoms with Gasteiger partial charge in [0.25, 0.3) is 0 Å². The van der Waals surface area contributed by atoms with Crippen LogP contribution < -0.4 is 14.8 Å². The number of rotatable bonds is 4. The fourth-order valence-electron chi connectivity index (χ4n) is 4.39. The van der Waals surface area contributed by atoms with Crippen molar-refractivity contribution in [3.05, 3.63) is 68.8 Å². The van der Waals surface area contributed by atoms with Crippen LogP contribution in [0.1, 0.15) is 42.2 Å². The predicted molar refractivity (Wildman–Crippen MR) is 116 cm³/mol. The first kappa shape index (κ1) is 20.8. The molecular weight excluding hydrogens is 425 g/mol. The van der Waals surface area contributed by atoms with Gasteiger partial charge in [0, 0.05) is 51.6 Å². The van der Waals surface area contributed by atoms with E-state index in [9.17, 15) is 9.59 Å². The van der Waals surface area contributed by atoms with E-state index in [0.717, 1.165) is 11.1 Å². The van der Waals surface area contributed by atoms with Crippen LogP contribution in [0.3, 0.4) is 0 Å². The van der Waals surface area contributed by atoms with Crippen molar-refractivity contribution < 1.29 is 19.1 Å². The van der Waals surface area contributed by atoms with Crippen LogP contribution in [0.5, 0.6) is 11.5 Å². The Labute approximate surface area is 185 Å². The van der Waals surface area contributed by atoms with Crippen LogP contribution in [0.25, 0.3) is 0 Å². The Bertz CT molecular complexity index is 1060. The molecule has 0 spiro atoms. The SMILES string of the molecule is COc1ccc(OC)c(C2CC(=O)C3=C(C2)NC(=O)CC3c2ccc(Cl)cc2Cl)c1. The summed E-state index contributed by atoms with van der Waals surface area (Å²) < 4.78 is 10.9. The first-order chi connectivity index (χ1) is 14.4. The van der Waals surface area contributed by atoms with Gasteiger partial charge < -0.3 is 14.8 Å². The van der Waals surface area contributed by atoms with Crippen molar-refractivity contribution in [2.45, 2.75) is 31.1 Å². The fourth-order valence-corrected chi connectivity index (χ4v) is 4.93. The Morgan fingerprint density at radius 2 is 1.73 bits per heavy atom. The van der Waals surface area contributed by atoms with E-state index in [2.05, 4.69) is 5.32 Å². The van der Waals surface area contributed by atoms with Gasteiger partial charge in [0.05, 0.1) is 14.2 Å². The number of ether oxygens (including phenoxy) is 2. The zero-order valence-electron chi connectivity index (χ0n) is 16.6. The molecule has 0 saturated carbocycles. The van der Waals surface area contributed by atoms with Crippen molar-refractivity contribution >= 4 is 34.9 Å². The summed E-state index contributed by atoms with van der Waals surface area (Å²) in [5, 5.41) is 3.89. The number of halogens is 2. The van der Waals surface area contributed by atoms with Crippen molar-refractivity contribution in [3.63, 3.8) is 0 Å². The minimum atomic E-state index is -0.376. The molecule has 2 unspecified atom stereocenters. The maximum Gasteiger partial charge on any atom is 0.225 e. The maximum atomic E-state index is 13.3. The maximum absolute atomic E-state index is 13.3. The number of hydrogen-bond donors (Lipinski definition) is 1. The van der Waals surface area contributed by atoms with Gasteiger partial charge in [-0.15, -0.1) is 0 Å². The molecule has 1 amide bonds. The predicted octanol–water partition coefficient (Wildman–Crippen LogP) is 5.01. The molecule has 0 fully saturated rings. The highest BCUT2D eigenvalue weighted by molar-refractivity contribution is 6.35. The molecule has 5 nitrogen and oxygen atoms in total. The number of Topliss-reactive ketones (excluding diaryl/α,β-unsaturated/α-hetero) is 1. The van der Waals surface area contributed by atoms with E-state index < -0.39 is 0 Å². The topological polar surface area (TPSA) is 64.6 Å². The summed E-state index contributed by atoms with van der Waals surface area (Å²) >= 11 is 12.4. The molecule has 1 aliphatic carbocycles. The third-order valence-electron chi connectivity index (χ3n) is 5.75. The lowest BCUT2D eigenvalue weighted by Crippen LogP contribution is -2.38. The molecule has 156 valence electrons. The molecule has 7 heteroatoms. The molecule has 1 N–H and O–H groups in total. The largest absolute Gasteiger partial charge is 0.497 e. The molecule has 2 aliphatic rings. The number of carbonyl (C=O) groups is 2. The minimum Gasteiger partial charge on any atom is -0.497 e. The monoisotopic (exact) mass is 445 g/mol. The zero-order valence-corrected chi connectivity index (χ0v) is 18.1. The van der Waals surface area contributed by atoms with Crippen molar-refractivity contribution in [2.75, 3.05) is 14.2 Å². The lowest BCUT2D eigenvalue weighted by molar-refractivity contribution is -0.122. The van der Waals surface area contributed by atoms with Crippen molar-refractivity contribution in [1.29, 1.82) is 0 Å². The first-order valence-electron chi connectivity index (χ1n) is 9.64. The first-order valence-corrected chi connectivity index (χ1v) is 10.4. The van der Waals surface area contributed by atoms with E-state index in [4.69, 9.17) is 32.7 Å². The summed E-state index contributed by atoms with van der Waals surface area (Å²) in [6.45, 7) is 0. The molecule has 0 aromatic heterocycles. The normalized spacial score (nSPS) is 21.2. The quantitative estimate of drug-likeness (QED) is 0.717. The van der Waals surface area contributed by atoms with Crippen LogP contribution in [-0.2, 0) is 9.59 Å². The Balaban J connectivity index is 1.75. The summed E-state index contributed by atoms with van der Waals surface area (Å²) in [5.41, 5.74) is 2.93. The lowest BCUT2D eigenvalue weighted by Gasteiger charge is -2.35. The number of hydrogen-bond acceptors (Lipinski definition) is 4. The number of amides is 1. The van der Waals surface area contributed by atoms with Gasteiger partial charge in [-0.3, -0.25) is 9.59 Å². The molecule has 30 heavy (non-hydrogen) atoms. The van der Waals surface area contributed by atoms with Gasteiger partial charge in [0.1, 0.15) is 11.5 Å². The van der Waals surface area contributed by atoms with Crippen molar-refractivity contribution in [3.8, 4) is 11.5 Å². The molecule has 2 aromatic rings. The number of nitrogens with one attached hydrogen (secondary N) is 1. The molecular formula is C23H21Cl2NO4. The average Bonchev–Trinajstić information content (AvgIpc) is 2.72. The Morgan fingerprint density at radius 1 is 0.933 bits per heavy atom. The summed E-state index contributed by atoms with van der Waals surface area (Å²) in [5.74, 6) is 0.756. The second-order valence-corrected chi connectivity index (χ2v) is 8.34. The van der Waals surface area contributed by atoms with Crippen molar-refractivity contribution in [2.24, 2.45) is 0 Å². The number of allylic oxidation sites excluding steroid dienone is 2. The minimum absolute atomic E-state index is 0.00198. The second-order valence-electron chi connectivity index (χ2n) is 7.50. The highest BCUT2D eigenvalue weighted by Gasteiger charge is 2.39. The smallest absolute Gasteiger partial charge is 0.225 e. The third kappa shape index (κ3) is 3.80. The molecule has 2 aromatic carbocycles. The van der Waals surface area contributed by atoms with Crippen LogP contribution in [-0.4, -0.2) is 25.9 Å². The van der Waals surface area contributed by atoms with Gasteiger partial charge in [-0.2, -0.15) is 0 Å². The third-order valence-corrected chi connectivity index (χ3v) is 6.31. The van der Waals surface area contributed by atoms with E-state index in [-0.39, 0.29) is 29.9 Å². The van der Waals surface area contributed by atoms with E-state index in [1.54, 1.807) is 32.4 Å². The van der Waals surface area contributed by atoms with Gasteiger partial charge >= 0.3 is 0 Å². The lowest BCUT2D eigenvalue weighted by atomic mass is 9.73. The molecule has 0 saturated heterocycles. The van der Waals surface area contributed by atoms with E-state index in [1.807, 2.05) is 18.2 Å². The summed E-state index contributed by atoms with van der Waals surface area (Å²) in [4.78, 5) is 25.8. The van der Waals surface area contributed by atoms with E-state index in [1.165, 1.54) is 0 Å². The standard InChI is InChI=1S/C23H21Cl2NO4/c1-29-14-4-6-21(30-2)16(10-14)12-7-19-23(20(27)8-12)17(11-22(28)26-19)15-5-3-13(24)9-18(15)25/h3-6,9-10,12,17H,7-8,11H2,1-2H3,(H,26,28). The highest BCUT2D eigenvalue weighted by atomic mass is 35.5. The Hall–Kier alpha value is -2.50. The summed E-state index contributed by atoms with van der Waals surface area (Å²) in [6.07, 6.45) is 1.02. The number of carbonyl (C=O) groups excluding carboxylic acids is 2. The molecule has 2 atom stereocenters. The van der Waals surface area contributed by atoms with Crippen LogP contribution in [0.2, 0.25) is 10.0 Å². The van der Waals surface area contributed by atoms with Gasteiger partial charge in [-0.05, 0) is 42.3 Å². The highest BCUT2D eigenvalue weighted by Crippen LogP contribution is 2.46. The van der Waals surface area contributed by atoms with Gasteiger partial charge in [-0.1, -0.05) is 29.3 Å². The molecule has 4 rings (SSSR count). The second kappa shape index (κ2) is 8.32. The molecule has 0 radical (unpaired) electrons. The van der Waals surface area contributed by atoms with E-state index in [0.29, 0.717) is 45.7 Å². The van der Waals surface area contributed by atoms with Crippen molar-refractivity contribution in [1.82, 2.24) is 5.32 Å². The average molecular weight is 446 g/mol. The van der Waals surface area contributed by atoms with Crippen LogP contribution >= 0.6 is 23.2 Å². The van der Waals surface area contributed by atoms with Crippen LogP contribution in [0, 0.1) is 0 Å². The van der Waals surface area contributed by atoms with E-state index >= 15 is 0 Å². The number of methoxy groups -OCH3 is 2. The molecule has 1 heterocycles. The molecule has 1 aliphatic heterocycles. The summed E-state index contributed by atoms with van der Waals surface area (Å²) in [7, 11) is 3.20. The summed E-state index contributed by atoms with van der Waals surface area (Å²) in [6, 6.07) is 10.7. The number of benzene rings is 2. The Morgan fingerprint density at radius 3 is 2.43 bits per heavy atom. The number of ketones is 1. The fraction of sp³-hybridized carbons (Fsp3) is 0.304. The van der Waals surface area contributed by atoms with Crippen LogP contribution in [0.15, 0.2) is 47.7 Å². The van der Waals surface area contributed by atoms with Crippen LogP contribution in [0.4, 0.5) is 0 Å². The Kier molecular flexibility index (Phi) is 5.76. The van der Waals surface area contributed by atoms with Gasteiger partial charge in [0.15, 0.2) is 5.78 Å². The zero-order chi connectivity index (χ0) is 21.4. The molecule has 0 bridgehead atoms. The van der Waals surface area contributed by atoms with Gasteiger partial charge in [-0.25, -0.2) is 0 Å². The van der Waals surface area contributed by atoms with Gasteiger partial charge in [0.2, 0.25) is 5.91 Å².